The summed E-state index contributed by atoms with van der Waals surface area (Å²) in [7, 11) is 0. The number of nitrogens with one attached hydrogen (secondary N) is 1. The van der Waals surface area contributed by atoms with Gasteiger partial charge < -0.3 is 20.3 Å². The number of hydrogen-bond acceptors (Lipinski definition) is 5. The molecule has 34 heavy (non-hydrogen) atoms. The molecule has 1 saturated heterocycles. The lowest BCUT2D eigenvalue weighted by Crippen LogP contribution is -2.55. The van der Waals surface area contributed by atoms with Crippen LogP contribution in [0, 0.1) is 0 Å². The number of nitrogens with zero attached hydrogens (tertiary/aromatic N) is 1. The molecule has 1 fully saturated rings. The average Bonchev–Trinajstić information content (AvgIpc) is 3.29. The Morgan fingerprint density at radius 2 is 1.62 bits per heavy atom. The minimum atomic E-state index is -1.53. The van der Waals surface area contributed by atoms with Crippen LogP contribution in [0.25, 0.3) is 11.1 Å². The van der Waals surface area contributed by atoms with Gasteiger partial charge in [-0.15, -0.1) is 0 Å². The lowest BCUT2D eigenvalue weighted by molar-refractivity contribution is -0.137. The molecule has 178 valence electrons. The third-order valence-electron chi connectivity index (χ3n) is 6.54. The lowest BCUT2D eigenvalue weighted by Gasteiger charge is -2.30. The summed E-state index contributed by atoms with van der Waals surface area (Å²) in [4.78, 5) is 38.7. The number of aliphatic carboxylic acids is 1. The third-order valence-corrected chi connectivity index (χ3v) is 6.54. The van der Waals surface area contributed by atoms with Gasteiger partial charge in [0.1, 0.15) is 18.3 Å². The van der Waals surface area contributed by atoms with Crippen molar-refractivity contribution < 1.29 is 29.3 Å². The first kappa shape index (κ1) is 23.5. The van der Waals surface area contributed by atoms with Gasteiger partial charge >= 0.3 is 12.1 Å². The Bertz CT molecular complexity index is 1140. The molecule has 2 aromatic rings. The Hall–Kier alpha value is -3.65. The Morgan fingerprint density at radius 1 is 1.06 bits per heavy atom. The highest BCUT2D eigenvalue weighted by Crippen LogP contribution is 2.44. The van der Waals surface area contributed by atoms with Crippen LogP contribution in [0.2, 0.25) is 0 Å². The predicted molar refractivity (Wildman–Crippen MR) is 125 cm³/mol. The molecule has 1 aliphatic heterocycles. The molecular formula is C26H28N2O6. The quantitative estimate of drug-likeness (QED) is 0.585. The van der Waals surface area contributed by atoms with E-state index in [0.29, 0.717) is 5.57 Å². The Labute approximate surface area is 197 Å². The number of aliphatic hydroxyl groups is 1. The number of likely N-dealkylation sites (tertiary alicyclic amines) is 1. The Morgan fingerprint density at radius 3 is 2.15 bits per heavy atom. The maximum absolute atomic E-state index is 13.1. The minimum Gasteiger partial charge on any atom is -0.477 e. The van der Waals surface area contributed by atoms with Gasteiger partial charge in [-0.2, -0.15) is 0 Å². The number of carbonyl (C=O) groups is 3. The highest BCUT2D eigenvalue weighted by Gasteiger charge is 2.50. The number of benzene rings is 2. The molecule has 8 nitrogen and oxygen atoms in total. The van der Waals surface area contributed by atoms with E-state index in [0.717, 1.165) is 22.3 Å². The number of amides is 2. The number of rotatable bonds is 5. The fourth-order valence-corrected chi connectivity index (χ4v) is 4.83. The van der Waals surface area contributed by atoms with Crippen molar-refractivity contribution in [3.05, 3.63) is 70.9 Å². The summed E-state index contributed by atoms with van der Waals surface area (Å²) >= 11 is 0. The summed E-state index contributed by atoms with van der Waals surface area (Å²) in [6, 6.07) is 14.7. The molecule has 0 aromatic heterocycles. The van der Waals surface area contributed by atoms with Crippen LogP contribution in [0.3, 0.4) is 0 Å². The maximum Gasteiger partial charge on any atom is 0.410 e. The molecule has 2 amide bonds. The summed E-state index contributed by atoms with van der Waals surface area (Å²) in [5, 5.41) is 22.5. The van der Waals surface area contributed by atoms with Crippen molar-refractivity contribution in [2.24, 2.45) is 0 Å². The number of fused-ring (bicyclic) bond motifs is 3. The number of ether oxygens (including phenoxy) is 1. The van der Waals surface area contributed by atoms with E-state index in [-0.39, 0.29) is 31.2 Å². The van der Waals surface area contributed by atoms with Crippen molar-refractivity contribution in [3.63, 3.8) is 0 Å². The molecule has 1 aliphatic carbocycles. The number of allylic oxidation sites excluding steroid dienone is 1. The van der Waals surface area contributed by atoms with Crippen LogP contribution in [0.4, 0.5) is 4.79 Å². The molecule has 4 rings (SSSR count). The van der Waals surface area contributed by atoms with Crippen LogP contribution < -0.4 is 5.32 Å². The first-order chi connectivity index (χ1) is 16.1. The van der Waals surface area contributed by atoms with Gasteiger partial charge in [0.15, 0.2) is 0 Å². The predicted octanol–water partition coefficient (Wildman–Crippen LogP) is 3.26. The van der Waals surface area contributed by atoms with Crippen molar-refractivity contribution in [2.75, 3.05) is 13.2 Å². The van der Waals surface area contributed by atoms with E-state index in [2.05, 4.69) is 5.32 Å². The highest BCUT2D eigenvalue weighted by atomic mass is 16.6. The number of carboxylic acids is 1. The standard InChI is InChI=1S/C26H28N2O6/c1-15(2)21(24(30)31)27-23(29)22-26(3,33)12-13-28(22)25(32)34-14-20-18-10-6-4-8-16(18)17-9-5-7-11-19(17)20/h4-11,20,22,33H,12-14H2,1-3H3,(H,27,29)(H,30,31). The van der Waals surface area contributed by atoms with Crippen LogP contribution in [-0.4, -0.2) is 57.9 Å². The minimum absolute atomic E-state index is 0.0776. The molecule has 0 radical (unpaired) electrons. The van der Waals surface area contributed by atoms with Crippen LogP contribution in [0.15, 0.2) is 59.8 Å². The summed E-state index contributed by atoms with van der Waals surface area (Å²) < 4.78 is 5.66. The van der Waals surface area contributed by atoms with Crippen LogP contribution in [0.1, 0.15) is 44.2 Å². The van der Waals surface area contributed by atoms with Crippen molar-refractivity contribution in [1.82, 2.24) is 10.2 Å². The third kappa shape index (κ3) is 4.17. The van der Waals surface area contributed by atoms with Crippen molar-refractivity contribution >= 4 is 18.0 Å². The molecule has 3 N–H and O–H groups in total. The topological polar surface area (TPSA) is 116 Å². The van der Waals surface area contributed by atoms with E-state index in [1.165, 1.54) is 11.8 Å². The van der Waals surface area contributed by atoms with Crippen LogP contribution in [-0.2, 0) is 14.3 Å². The SMILES string of the molecule is CC(C)=C(NC(=O)C1N(C(=O)OCC2c3ccccc3-c3ccccc32)CCC1(C)O)C(=O)O. The molecule has 1 heterocycles. The smallest absolute Gasteiger partial charge is 0.410 e. The zero-order valence-electron chi connectivity index (χ0n) is 19.4. The van der Waals surface area contributed by atoms with Gasteiger partial charge in [0.25, 0.3) is 0 Å². The van der Waals surface area contributed by atoms with E-state index in [9.17, 15) is 24.6 Å². The fourth-order valence-electron chi connectivity index (χ4n) is 4.83. The van der Waals surface area contributed by atoms with Gasteiger partial charge in [0.05, 0.1) is 5.60 Å². The lowest BCUT2D eigenvalue weighted by atomic mass is 9.96. The normalized spacial score (nSPS) is 20.9. The summed E-state index contributed by atoms with van der Waals surface area (Å²) in [6.45, 7) is 4.75. The average molecular weight is 465 g/mol. The maximum atomic E-state index is 13.1. The van der Waals surface area contributed by atoms with Gasteiger partial charge in [0.2, 0.25) is 5.91 Å². The molecular weight excluding hydrogens is 436 g/mol. The van der Waals surface area contributed by atoms with E-state index < -0.39 is 29.6 Å². The second kappa shape index (κ2) is 8.95. The molecule has 2 aliphatic rings. The van der Waals surface area contributed by atoms with Crippen molar-refractivity contribution in [2.45, 2.75) is 44.8 Å². The van der Waals surface area contributed by atoms with Gasteiger partial charge in [-0.25, -0.2) is 9.59 Å². The summed E-state index contributed by atoms with van der Waals surface area (Å²) in [6.07, 6.45) is -0.569. The monoisotopic (exact) mass is 464 g/mol. The second-order valence-electron chi connectivity index (χ2n) is 9.18. The van der Waals surface area contributed by atoms with E-state index in [1.807, 2.05) is 48.5 Å². The van der Waals surface area contributed by atoms with E-state index in [4.69, 9.17) is 4.74 Å². The molecule has 2 aromatic carbocycles. The first-order valence-electron chi connectivity index (χ1n) is 11.2. The molecule has 0 saturated carbocycles. The summed E-state index contributed by atoms with van der Waals surface area (Å²) in [5.41, 5.74) is 2.92. The zero-order valence-corrected chi connectivity index (χ0v) is 19.4. The van der Waals surface area contributed by atoms with Gasteiger partial charge in [-0.05, 0) is 55.0 Å². The second-order valence-corrected chi connectivity index (χ2v) is 9.18. The zero-order chi connectivity index (χ0) is 24.6. The van der Waals surface area contributed by atoms with Gasteiger partial charge in [-0.3, -0.25) is 9.69 Å². The van der Waals surface area contributed by atoms with Crippen LogP contribution in [0.5, 0.6) is 0 Å². The fraction of sp³-hybridized carbons (Fsp3) is 0.346. The van der Waals surface area contributed by atoms with Gasteiger partial charge in [0, 0.05) is 12.5 Å². The number of carbonyl (C=O) groups excluding carboxylic acids is 2. The van der Waals surface area contributed by atoms with E-state index >= 15 is 0 Å². The van der Waals surface area contributed by atoms with Gasteiger partial charge in [-0.1, -0.05) is 48.5 Å². The largest absolute Gasteiger partial charge is 0.477 e. The molecule has 8 heteroatoms. The molecule has 0 spiro atoms. The number of hydrogen-bond donors (Lipinski definition) is 3. The number of carboxylic acid groups (broad SMARTS) is 1. The highest BCUT2D eigenvalue weighted by molar-refractivity contribution is 5.96. The van der Waals surface area contributed by atoms with E-state index in [1.54, 1.807) is 13.8 Å². The van der Waals surface area contributed by atoms with Crippen molar-refractivity contribution in [1.29, 1.82) is 0 Å². The Kier molecular flexibility index (Phi) is 6.18. The first-order valence-corrected chi connectivity index (χ1v) is 11.2. The molecule has 0 bridgehead atoms. The van der Waals surface area contributed by atoms with Crippen molar-refractivity contribution in [3.8, 4) is 11.1 Å². The molecule has 2 atom stereocenters. The van der Waals surface area contributed by atoms with Crippen LogP contribution >= 0.6 is 0 Å². The Balaban J connectivity index is 1.52. The summed E-state index contributed by atoms with van der Waals surface area (Å²) in [5.74, 6) is -2.20. The molecule has 2 unspecified atom stereocenters.